The first kappa shape index (κ1) is 20.1. The summed E-state index contributed by atoms with van der Waals surface area (Å²) < 4.78 is 9.83. The molecule has 0 spiro atoms. The highest BCUT2D eigenvalue weighted by molar-refractivity contribution is 7.09. The third-order valence-electron chi connectivity index (χ3n) is 6.04. The predicted molar refractivity (Wildman–Crippen MR) is 116 cm³/mol. The van der Waals surface area contributed by atoms with Gasteiger partial charge in [0, 0.05) is 43.0 Å². The number of benzene rings is 1. The van der Waals surface area contributed by atoms with Crippen molar-refractivity contribution in [3.05, 3.63) is 35.7 Å². The topological polar surface area (TPSA) is 67.3 Å². The van der Waals surface area contributed by atoms with Crippen LogP contribution < -0.4 is 15.0 Å². The zero-order valence-corrected chi connectivity index (χ0v) is 17.9. The maximum Gasteiger partial charge on any atom is 0.223 e. The highest BCUT2D eigenvalue weighted by atomic mass is 32.1. The lowest BCUT2D eigenvalue weighted by Gasteiger charge is -2.32. The summed E-state index contributed by atoms with van der Waals surface area (Å²) in [5.41, 5.74) is 1.15. The van der Waals surface area contributed by atoms with Gasteiger partial charge in [-0.05, 0) is 43.4 Å². The summed E-state index contributed by atoms with van der Waals surface area (Å²) in [7, 11) is 1.68. The summed E-state index contributed by atoms with van der Waals surface area (Å²) in [6, 6.07) is 8.43. The van der Waals surface area contributed by atoms with Crippen molar-refractivity contribution < 1.29 is 9.53 Å². The quantitative estimate of drug-likeness (QED) is 0.779. The van der Waals surface area contributed by atoms with Gasteiger partial charge in [-0.1, -0.05) is 31.4 Å². The Bertz CT molecular complexity index is 811. The van der Waals surface area contributed by atoms with Crippen LogP contribution in [-0.2, 0) is 11.2 Å². The first-order valence-electron chi connectivity index (χ1n) is 10.7. The normalized spacial score (nSPS) is 18.6. The van der Waals surface area contributed by atoms with Crippen LogP contribution >= 0.6 is 11.5 Å². The minimum Gasteiger partial charge on any atom is -0.497 e. The van der Waals surface area contributed by atoms with Crippen molar-refractivity contribution in [1.82, 2.24) is 14.7 Å². The lowest BCUT2D eigenvalue weighted by atomic mass is 9.92. The van der Waals surface area contributed by atoms with Crippen molar-refractivity contribution in [1.29, 1.82) is 0 Å². The van der Waals surface area contributed by atoms with Gasteiger partial charge >= 0.3 is 0 Å². The fraction of sp³-hybridized carbons (Fsp3) is 0.591. The van der Waals surface area contributed by atoms with Gasteiger partial charge in [0.25, 0.3) is 0 Å². The summed E-state index contributed by atoms with van der Waals surface area (Å²) in [5, 5.41) is 4.26. The fourth-order valence-corrected chi connectivity index (χ4v) is 5.05. The van der Waals surface area contributed by atoms with Gasteiger partial charge in [0.2, 0.25) is 11.0 Å². The summed E-state index contributed by atoms with van der Waals surface area (Å²) in [6.07, 6.45) is 8.58. The largest absolute Gasteiger partial charge is 0.497 e. The second-order valence-electron chi connectivity index (χ2n) is 8.13. The molecule has 1 aliphatic heterocycles. The monoisotopic (exact) mass is 414 g/mol. The Hall–Kier alpha value is -2.15. The van der Waals surface area contributed by atoms with Crippen molar-refractivity contribution in [2.45, 2.75) is 57.4 Å². The molecule has 2 heterocycles. The van der Waals surface area contributed by atoms with Gasteiger partial charge < -0.3 is 15.0 Å². The molecule has 1 aliphatic carbocycles. The van der Waals surface area contributed by atoms with E-state index in [1.807, 2.05) is 18.2 Å². The molecule has 1 saturated heterocycles. The molecule has 2 fully saturated rings. The van der Waals surface area contributed by atoms with E-state index in [-0.39, 0.29) is 11.8 Å². The number of nitrogens with one attached hydrogen (secondary N) is 1. The van der Waals surface area contributed by atoms with E-state index in [9.17, 15) is 4.79 Å². The average Bonchev–Trinajstić information content (AvgIpc) is 3.23. The van der Waals surface area contributed by atoms with Gasteiger partial charge in [0.1, 0.15) is 11.6 Å². The molecule has 0 bridgehead atoms. The van der Waals surface area contributed by atoms with Crippen molar-refractivity contribution in [3.8, 4) is 5.75 Å². The van der Waals surface area contributed by atoms with E-state index < -0.39 is 0 Å². The molecule has 1 amide bonds. The molecule has 2 aromatic rings. The Morgan fingerprint density at radius 2 is 2.00 bits per heavy atom. The molecule has 1 N–H and O–H groups in total. The number of nitrogens with zero attached hydrogens (tertiary/aromatic N) is 3. The number of anilines is 1. The van der Waals surface area contributed by atoms with E-state index in [0.29, 0.717) is 12.5 Å². The summed E-state index contributed by atoms with van der Waals surface area (Å²) in [6.45, 7) is 1.74. The van der Waals surface area contributed by atoms with Crippen LogP contribution in [0.15, 0.2) is 24.3 Å². The number of hydrogen-bond acceptors (Lipinski definition) is 6. The molecule has 4 rings (SSSR count). The number of methoxy groups -OCH3 is 1. The van der Waals surface area contributed by atoms with Crippen LogP contribution in [0.5, 0.6) is 5.75 Å². The van der Waals surface area contributed by atoms with Crippen LogP contribution in [-0.4, -0.2) is 41.5 Å². The zero-order chi connectivity index (χ0) is 20.1. The summed E-state index contributed by atoms with van der Waals surface area (Å²) in [5.74, 6) is 2.09. The Balaban J connectivity index is 1.28. The number of hydrogen-bond donors (Lipinski definition) is 1. The number of carbonyl (C=O) groups is 1. The molecule has 0 unspecified atom stereocenters. The maximum absolute atomic E-state index is 12.6. The molecular formula is C22H30N4O2S. The molecule has 6 nitrogen and oxygen atoms in total. The lowest BCUT2D eigenvalue weighted by molar-refractivity contribution is -0.126. The number of ether oxygens (including phenoxy) is 1. The second kappa shape index (κ2) is 9.57. The number of amides is 1. The maximum atomic E-state index is 12.6. The van der Waals surface area contributed by atoms with E-state index in [4.69, 9.17) is 9.72 Å². The third-order valence-corrected chi connectivity index (χ3v) is 6.86. The van der Waals surface area contributed by atoms with Crippen LogP contribution in [0.2, 0.25) is 0 Å². The van der Waals surface area contributed by atoms with E-state index in [1.165, 1.54) is 30.8 Å². The van der Waals surface area contributed by atoms with Gasteiger partial charge in [-0.15, -0.1) is 0 Å². The molecule has 1 aromatic heterocycles. The fourth-order valence-electron chi connectivity index (χ4n) is 4.31. The van der Waals surface area contributed by atoms with Gasteiger partial charge in [0.05, 0.1) is 7.11 Å². The number of aromatic nitrogens is 2. The first-order valence-corrected chi connectivity index (χ1v) is 11.5. The predicted octanol–water partition coefficient (Wildman–Crippen LogP) is 3.80. The number of carbonyl (C=O) groups excluding carboxylic acids is 1. The average molecular weight is 415 g/mol. The minimum absolute atomic E-state index is 0.136. The molecular weight excluding hydrogens is 384 g/mol. The van der Waals surface area contributed by atoms with E-state index in [0.717, 1.165) is 61.0 Å². The summed E-state index contributed by atoms with van der Waals surface area (Å²) in [4.78, 5) is 19.6. The molecule has 2 aliphatic rings. The van der Waals surface area contributed by atoms with Crippen LogP contribution in [0.4, 0.5) is 5.13 Å². The van der Waals surface area contributed by atoms with Gasteiger partial charge in [-0.25, -0.2) is 4.98 Å². The minimum atomic E-state index is 0.136. The van der Waals surface area contributed by atoms with Crippen LogP contribution in [0.3, 0.4) is 0 Å². The van der Waals surface area contributed by atoms with Crippen molar-refractivity contribution in [2.75, 3.05) is 25.1 Å². The third kappa shape index (κ3) is 5.26. The molecule has 1 aromatic carbocycles. The van der Waals surface area contributed by atoms with Crippen molar-refractivity contribution in [3.63, 3.8) is 0 Å². The Morgan fingerprint density at radius 1 is 1.21 bits per heavy atom. The van der Waals surface area contributed by atoms with Gasteiger partial charge in [0.15, 0.2) is 0 Å². The molecule has 0 atom stereocenters. The van der Waals surface area contributed by atoms with Gasteiger partial charge in [-0.3, -0.25) is 4.79 Å². The van der Waals surface area contributed by atoms with Crippen molar-refractivity contribution >= 4 is 22.6 Å². The Kier molecular flexibility index (Phi) is 6.64. The first-order chi connectivity index (χ1) is 14.2. The molecule has 156 valence electrons. The van der Waals surface area contributed by atoms with E-state index in [2.05, 4.69) is 20.7 Å². The van der Waals surface area contributed by atoms with Crippen molar-refractivity contribution in [2.24, 2.45) is 5.92 Å². The second-order valence-corrected chi connectivity index (χ2v) is 8.86. The highest BCUT2D eigenvalue weighted by Crippen LogP contribution is 2.26. The van der Waals surface area contributed by atoms with E-state index >= 15 is 0 Å². The number of rotatable bonds is 6. The molecule has 1 saturated carbocycles. The standard InChI is InChI=1S/C22H30N4O2S/c1-28-19-9-5-6-16(14-19)15-20-24-22(29-25-20)26-12-10-17(11-13-26)21(27)23-18-7-3-2-4-8-18/h5-6,9,14,17-18H,2-4,7-8,10-13,15H2,1H3,(H,23,27). The van der Waals surface area contributed by atoms with E-state index in [1.54, 1.807) is 7.11 Å². The summed E-state index contributed by atoms with van der Waals surface area (Å²) >= 11 is 1.46. The van der Waals surface area contributed by atoms with Crippen LogP contribution in [0.25, 0.3) is 0 Å². The van der Waals surface area contributed by atoms with Crippen LogP contribution in [0.1, 0.15) is 56.3 Å². The lowest BCUT2D eigenvalue weighted by Crippen LogP contribution is -2.44. The van der Waals surface area contributed by atoms with Crippen LogP contribution in [0, 0.1) is 5.92 Å². The Morgan fingerprint density at radius 3 is 2.76 bits per heavy atom. The molecule has 7 heteroatoms. The smallest absolute Gasteiger partial charge is 0.223 e. The SMILES string of the molecule is COc1cccc(Cc2nsc(N3CCC(C(=O)NC4CCCCC4)CC3)n2)c1. The Labute approximate surface area is 176 Å². The zero-order valence-electron chi connectivity index (χ0n) is 17.1. The highest BCUT2D eigenvalue weighted by Gasteiger charge is 2.28. The number of piperidine rings is 1. The van der Waals surface area contributed by atoms with Gasteiger partial charge in [-0.2, -0.15) is 4.37 Å². The molecule has 0 radical (unpaired) electrons. The molecule has 29 heavy (non-hydrogen) atoms.